The lowest BCUT2D eigenvalue weighted by atomic mass is 9.83. The van der Waals surface area contributed by atoms with Crippen molar-refractivity contribution in [2.45, 2.75) is 45.2 Å². The summed E-state index contributed by atoms with van der Waals surface area (Å²) in [4.78, 5) is 14.3. The Morgan fingerprint density at radius 2 is 2.06 bits per heavy atom. The number of aliphatic hydroxyl groups is 1. The van der Waals surface area contributed by atoms with Gasteiger partial charge in [0.2, 0.25) is 5.91 Å². The third-order valence-corrected chi connectivity index (χ3v) is 4.51. The summed E-state index contributed by atoms with van der Waals surface area (Å²) >= 11 is 0. The third kappa shape index (κ3) is 2.20. The Morgan fingerprint density at radius 1 is 1.41 bits per heavy atom. The maximum Gasteiger partial charge on any atom is 0.227 e. The van der Waals surface area contributed by atoms with Crippen LogP contribution in [0.5, 0.6) is 0 Å². The summed E-state index contributed by atoms with van der Waals surface area (Å²) in [6.07, 6.45) is 3.47. The normalized spacial score (nSPS) is 35.6. The van der Waals surface area contributed by atoms with Gasteiger partial charge in [-0.3, -0.25) is 4.79 Å². The second-order valence-electron chi connectivity index (χ2n) is 5.79. The van der Waals surface area contributed by atoms with Crippen LogP contribution in [0.4, 0.5) is 0 Å². The second-order valence-corrected chi connectivity index (χ2v) is 5.79. The van der Waals surface area contributed by atoms with E-state index in [9.17, 15) is 4.79 Å². The fraction of sp³-hybridized carbons (Fsp3) is 0.923. The molecule has 4 heteroatoms. The third-order valence-electron chi connectivity index (χ3n) is 4.51. The highest BCUT2D eigenvalue weighted by molar-refractivity contribution is 5.81. The topological polar surface area (TPSA) is 66.6 Å². The van der Waals surface area contributed by atoms with Gasteiger partial charge < -0.3 is 15.7 Å². The van der Waals surface area contributed by atoms with Crippen LogP contribution in [0.25, 0.3) is 0 Å². The van der Waals surface area contributed by atoms with Crippen molar-refractivity contribution in [1.29, 1.82) is 0 Å². The van der Waals surface area contributed by atoms with Gasteiger partial charge in [0.05, 0.1) is 12.5 Å². The molecule has 3 N–H and O–H groups in total. The van der Waals surface area contributed by atoms with Gasteiger partial charge in [-0.25, -0.2) is 0 Å². The van der Waals surface area contributed by atoms with Gasteiger partial charge >= 0.3 is 0 Å². The molecule has 98 valence electrons. The summed E-state index contributed by atoms with van der Waals surface area (Å²) in [5, 5.41) is 9.05. The summed E-state index contributed by atoms with van der Waals surface area (Å²) in [5.41, 5.74) is 6.19. The van der Waals surface area contributed by atoms with E-state index in [0.717, 1.165) is 12.8 Å². The van der Waals surface area contributed by atoms with Crippen LogP contribution in [0.15, 0.2) is 0 Å². The summed E-state index contributed by atoms with van der Waals surface area (Å²) in [7, 11) is 0. The number of aliphatic hydroxyl groups excluding tert-OH is 1. The fourth-order valence-corrected chi connectivity index (χ4v) is 3.62. The van der Waals surface area contributed by atoms with Crippen molar-refractivity contribution in [2.24, 2.45) is 23.5 Å². The minimum absolute atomic E-state index is 0.00250. The van der Waals surface area contributed by atoms with Crippen molar-refractivity contribution in [1.82, 2.24) is 4.90 Å². The molecule has 4 unspecified atom stereocenters. The second kappa shape index (κ2) is 4.94. The molecule has 2 aliphatic carbocycles. The summed E-state index contributed by atoms with van der Waals surface area (Å²) in [5.74, 6) is 1.20. The fourth-order valence-electron chi connectivity index (χ4n) is 3.62. The van der Waals surface area contributed by atoms with Crippen molar-refractivity contribution in [3.8, 4) is 0 Å². The first-order valence-electron chi connectivity index (χ1n) is 6.73. The van der Waals surface area contributed by atoms with E-state index in [4.69, 9.17) is 10.8 Å². The van der Waals surface area contributed by atoms with E-state index < -0.39 is 0 Å². The quantitative estimate of drug-likeness (QED) is 0.756. The molecule has 2 saturated carbocycles. The molecule has 1 amide bonds. The lowest BCUT2D eigenvalue weighted by Crippen LogP contribution is -2.50. The zero-order chi connectivity index (χ0) is 12.6. The van der Waals surface area contributed by atoms with Gasteiger partial charge in [-0.15, -0.1) is 0 Å². The van der Waals surface area contributed by atoms with Crippen LogP contribution in [0.2, 0.25) is 0 Å². The molecule has 0 heterocycles. The Balaban J connectivity index is 2.08. The van der Waals surface area contributed by atoms with Gasteiger partial charge in [0.25, 0.3) is 0 Å². The van der Waals surface area contributed by atoms with Crippen molar-refractivity contribution in [3.63, 3.8) is 0 Å². The Labute approximate surface area is 103 Å². The van der Waals surface area contributed by atoms with E-state index in [1.54, 1.807) is 4.90 Å². The minimum atomic E-state index is 0.00250. The molecule has 0 aromatic rings. The van der Waals surface area contributed by atoms with Gasteiger partial charge in [0.1, 0.15) is 0 Å². The van der Waals surface area contributed by atoms with E-state index in [1.807, 2.05) is 13.8 Å². The molecule has 0 spiro atoms. The Morgan fingerprint density at radius 3 is 2.53 bits per heavy atom. The zero-order valence-corrected chi connectivity index (χ0v) is 10.8. The maximum atomic E-state index is 12.5. The first-order chi connectivity index (χ1) is 8.06. The predicted octanol–water partition coefficient (Wildman–Crippen LogP) is 0.589. The highest BCUT2D eigenvalue weighted by Gasteiger charge is 2.50. The molecular formula is C13H24N2O2. The van der Waals surface area contributed by atoms with Crippen LogP contribution in [-0.2, 0) is 4.79 Å². The molecular weight excluding hydrogens is 216 g/mol. The molecule has 17 heavy (non-hydrogen) atoms. The van der Waals surface area contributed by atoms with Gasteiger partial charge in [0.15, 0.2) is 0 Å². The van der Waals surface area contributed by atoms with Gasteiger partial charge in [-0.2, -0.15) is 0 Å². The van der Waals surface area contributed by atoms with Crippen molar-refractivity contribution >= 4 is 5.91 Å². The largest absolute Gasteiger partial charge is 0.395 e. The molecule has 2 fully saturated rings. The SMILES string of the molecule is CC(C)N(CCO)C(=O)C1C2CCC(C2)C1N. The number of carbonyl (C=O) groups excluding carboxylic acids is 1. The van der Waals surface area contributed by atoms with Gasteiger partial charge in [-0.05, 0) is 44.9 Å². The average molecular weight is 240 g/mol. The number of hydrogen-bond donors (Lipinski definition) is 2. The summed E-state index contributed by atoms with van der Waals surface area (Å²) in [6.45, 7) is 4.44. The lowest BCUT2D eigenvalue weighted by molar-refractivity contribution is -0.140. The molecule has 2 bridgehead atoms. The maximum absolute atomic E-state index is 12.5. The number of fused-ring (bicyclic) bond motifs is 2. The molecule has 2 rings (SSSR count). The summed E-state index contributed by atoms with van der Waals surface area (Å²) < 4.78 is 0. The Kier molecular flexibility index (Phi) is 3.73. The summed E-state index contributed by atoms with van der Waals surface area (Å²) in [6, 6.07) is 0.183. The predicted molar refractivity (Wildman–Crippen MR) is 66.2 cm³/mol. The van der Waals surface area contributed by atoms with E-state index in [1.165, 1.54) is 6.42 Å². The van der Waals surface area contributed by atoms with Crippen LogP contribution in [0.3, 0.4) is 0 Å². The van der Waals surface area contributed by atoms with Crippen LogP contribution < -0.4 is 5.73 Å². The van der Waals surface area contributed by atoms with Crippen molar-refractivity contribution < 1.29 is 9.90 Å². The first kappa shape index (κ1) is 12.8. The van der Waals surface area contributed by atoms with Crippen molar-refractivity contribution in [2.75, 3.05) is 13.2 Å². The molecule has 0 aromatic heterocycles. The monoisotopic (exact) mass is 240 g/mol. The van der Waals surface area contributed by atoms with E-state index in [-0.39, 0.29) is 30.5 Å². The van der Waals surface area contributed by atoms with Crippen LogP contribution in [-0.4, -0.2) is 41.1 Å². The molecule has 2 aliphatic rings. The van der Waals surface area contributed by atoms with Crippen molar-refractivity contribution in [3.05, 3.63) is 0 Å². The lowest BCUT2D eigenvalue weighted by Gasteiger charge is -2.34. The zero-order valence-electron chi connectivity index (χ0n) is 10.8. The molecule has 0 saturated heterocycles. The molecule has 0 radical (unpaired) electrons. The number of carbonyl (C=O) groups is 1. The van der Waals surface area contributed by atoms with Gasteiger partial charge in [-0.1, -0.05) is 0 Å². The van der Waals surface area contributed by atoms with Crippen LogP contribution in [0.1, 0.15) is 33.1 Å². The first-order valence-corrected chi connectivity index (χ1v) is 6.73. The Bertz CT molecular complexity index is 291. The minimum Gasteiger partial charge on any atom is -0.395 e. The number of hydrogen-bond acceptors (Lipinski definition) is 3. The van der Waals surface area contributed by atoms with E-state index in [0.29, 0.717) is 18.4 Å². The number of rotatable bonds is 4. The van der Waals surface area contributed by atoms with Crippen LogP contribution >= 0.6 is 0 Å². The average Bonchev–Trinajstić information content (AvgIpc) is 2.84. The highest BCUT2D eigenvalue weighted by atomic mass is 16.3. The Hall–Kier alpha value is -0.610. The van der Waals surface area contributed by atoms with E-state index in [2.05, 4.69) is 0 Å². The smallest absolute Gasteiger partial charge is 0.227 e. The van der Waals surface area contributed by atoms with Crippen LogP contribution in [0, 0.1) is 17.8 Å². The highest BCUT2D eigenvalue weighted by Crippen LogP contribution is 2.48. The molecule has 0 aromatic carbocycles. The number of nitrogens with zero attached hydrogens (tertiary/aromatic N) is 1. The number of amides is 1. The van der Waals surface area contributed by atoms with E-state index >= 15 is 0 Å². The molecule has 0 aliphatic heterocycles. The molecule has 4 nitrogen and oxygen atoms in total. The number of nitrogens with two attached hydrogens (primary N) is 1. The standard InChI is InChI=1S/C13H24N2O2/c1-8(2)15(5-6-16)13(17)11-9-3-4-10(7-9)12(11)14/h8-12,16H,3-7,14H2,1-2H3. The molecule has 4 atom stereocenters. The van der Waals surface area contributed by atoms with Gasteiger partial charge in [0, 0.05) is 18.6 Å².